The van der Waals surface area contributed by atoms with E-state index in [1.54, 1.807) is 0 Å². The molecule has 0 spiro atoms. The Bertz CT molecular complexity index is 145. The van der Waals surface area contributed by atoms with E-state index in [9.17, 15) is 5.11 Å². The number of aliphatic hydroxyl groups excluding tert-OH is 1. The largest absolute Gasteiger partial charge is 0.391 e. The fourth-order valence-electron chi connectivity index (χ4n) is 1.55. The molecule has 0 aliphatic carbocycles. The van der Waals surface area contributed by atoms with Crippen molar-refractivity contribution in [2.24, 2.45) is 0 Å². The third-order valence-electron chi connectivity index (χ3n) is 2.16. The third-order valence-corrected chi connectivity index (χ3v) is 5.29. The minimum Gasteiger partial charge on any atom is -0.391 e. The number of hydrogen-bond acceptors (Lipinski definition) is 4. The Kier molecular flexibility index (Phi) is 3.23. The third kappa shape index (κ3) is 2.10. The molecule has 0 aromatic heterocycles. The van der Waals surface area contributed by atoms with Gasteiger partial charge in [-0.25, -0.2) is 0 Å². The van der Waals surface area contributed by atoms with Crippen molar-refractivity contribution in [3.63, 3.8) is 0 Å². The molecule has 0 radical (unpaired) electrons. The molecule has 0 amide bonds. The van der Waals surface area contributed by atoms with E-state index >= 15 is 0 Å². The Morgan fingerprint density at radius 3 is 2.58 bits per heavy atom. The summed E-state index contributed by atoms with van der Waals surface area (Å²) in [5.74, 6) is 2.52. The smallest absolute Gasteiger partial charge is 0.0811 e. The topological polar surface area (TPSA) is 29.5 Å². The second-order valence-electron chi connectivity index (χ2n) is 3.22. The Hall–Kier alpha value is 0.620. The molecule has 2 unspecified atom stereocenters. The van der Waals surface area contributed by atoms with Crippen LogP contribution in [-0.4, -0.2) is 40.0 Å². The zero-order chi connectivity index (χ0) is 8.39. The summed E-state index contributed by atoms with van der Waals surface area (Å²) < 4.78 is 6.09. The van der Waals surface area contributed by atoms with E-state index in [-0.39, 0.29) is 6.10 Å². The van der Waals surface area contributed by atoms with Crippen LogP contribution in [0.1, 0.15) is 12.8 Å². The van der Waals surface area contributed by atoms with Gasteiger partial charge in [0.15, 0.2) is 0 Å². The molecule has 0 bridgehead atoms. The maximum Gasteiger partial charge on any atom is 0.0811 e. The highest BCUT2D eigenvalue weighted by Gasteiger charge is 2.32. The fraction of sp³-hybridized carbons (Fsp3) is 1.00. The summed E-state index contributed by atoms with van der Waals surface area (Å²) in [4.78, 5) is 0. The van der Waals surface area contributed by atoms with Gasteiger partial charge in [-0.2, -0.15) is 0 Å². The second-order valence-corrected chi connectivity index (χ2v) is 6.02. The van der Waals surface area contributed by atoms with Crippen LogP contribution >= 0.6 is 23.5 Å². The van der Waals surface area contributed by atoms with Crippen molar-refractivity contribution in [1.82, 2.24) is 0 Å². The van der Waals surface area contributed by atoms with Crippen LogP contribution in [0.25, 0.3) is 0 Å². The van der Waals surface area contributed by atoms with E-state index < -0.39 is 0 Å². The van der Waals surface area contributed by atoms with E-state index in [1.165, 1.54) is 17.9 Å². The van der Waals surface area contributed by atoms with Gasteiger partial charge in [-0.05, 0) is 17.9 Å². The van der Waals surface area contributed by atoms with Crippen LogP contribution in [0.2, 0.25) is 0 Å². The molecule has 0 aromatic carbocycles. The summed E-state index contributed by atoms with van der Waals surface area (Å²) in [6.45, 7) is 0.544. The number of ether oxygens (including phenoxy) is 1. The summed E-state index contributed by atoms with van der Waals surface area (Å²) in [6.07, 6.45) is 2.25. The highest BCUT2D eigenvalue weighted by atomic mass is 32.2. The maximum atomic E-state index is 9.29. The summed E-state index contributed by atoms with van der Waals surface area (Å²) >= 11 is 3.98. The Morgan fingerprint density at radius 1 is 1.25 bits per heavy atom. The average Bonchev–Trinajstić information content (AvgIpc) is 2.54. The molecule has 2 atom stereocenters. The number of thioether (sulfide) groups is 2. The van der Waals surface area contributed by atoms with Gasteiger partial charge in [-0.15, -0.1) is 23.5 Å². The first-order valence-corrected chi connectivity index (χ1v) is 6.49. The Labute approximate surface area is 81.4 Å². The van der Waals surface area contributed by atoms with Crippen LogP contribution in [0.4, 0.5) is 0 Å². The lowest BCUT2D eigenvalue weighted by Gasteiger charge is -2.25. The average molecular weight is 206 g/mol. The van der Waals surface area contributed by atoms with Gasteiger partial charge in [-0.3, -0.25) is 0 Å². The predicted molar refractivity (Wildman–Crippen MR) is 53.7 cm³/mol. The quantitative estimate of drug-likeness (QED) is 0.701. The van der Waals surface area contributed by atoms with Gasteiger partial charge in [0.25, 0.3) is 0 Å². The molecule has 1 N–H and O–H groups in total. The van der Waals surface area contributed by atoms with Crippen LogP contribution in [0.5, 0.6) is 0 Å². The summed E-state index contributed by atoms with van der Waals surface area (Å²) in [5, 5.41) is 9.29. The molecule has 2 aliphatic heterocycles. The van der Waals surface area contributed by atoms with Gasteiger partial charge in [0, 0.05) is 6.42 Å². The molecule has 0 aromatic rings. The second kappa shape index (κ2) is 4.22. The molecule has 12 heavy (non-hydrogen) atoms. The monoisotopic (exact) mass is 206 g/mol. The van der Waals surface area contributed by atoms with Gasteiger partial charge < -0.3 is 9.84 Å². The van der Waals surface area contributed by atoms with E-state index in [0.717, 1.165) is 6.42 Å². The van der Waals surface area contributed by atoms with Crippen molar-refractivity contribution < 1.29 is 9.84 Å². The molecular weight excluding hydrogens is 192 g/mol. The zero-order valence-corrected chi connectivity index (χ0v) is 8.57. The van der Waals surface area contributed by atoms with Crippen LogP contribution < -0.4 is 0 Å². The Balaban J connectivity index is 1.83. The lowest BCUT2D eigenvalue weighted by Crippen LogP contribution is -2.23. The molecule has 2 aliphatic rings. The van der Waals surface area contributed by atoms with Gasteiger partial charge in [0.05, 0.1) is 23.4 Å². The van der Waals surface area contributed by atoms with E-state index in [1.807, 2.05) is 23.5 Å². The van der Waals surface area contributed by atoms with Gasteiger partial charge in [0.2, 0.25) is 0 Å². The SMILES string of the molecule is OC1COC(C2SCCCS2)C1. The number of aliphatic hydroxyl groups is 1. The van der Waals surface area contributed by atoms with Crippen LogP contribution in [0.15, 0.2) is 0 Å². The predicted octanol–water partition coefficient (Wildman–Crippen LogP) is 1.33. The van der Waals surface area contributed by atoms with Gasteiger partial charge >= 0.3 is 0 Å². The van der Waals surface area contributed by atoms with Crippen LogP contribution in [0.3, 0.4) is 0 Å². The molecule has 2 saturated heterocycles. The van der Waals surface area contributed by atoms with Crippen molar-refractivity contribution in [3.8, 4) is 0 Å². The normalized spacial score (nSPS) is 38.8. The first kappa shape index (κ1) is 9.19. The summed E-state index contributed by atoms with van der Waals surface area (Å²) in [7, 11) is 0. The minimum absolute atomic E-state index is 0.210. The summed E-state index contributed by atoms with van der Waals surface area (Å²) in [6, 6.07) is 0. The first-order valence-electron chi connectivity index (χ1n) is 4.39. The van der Waals surface area contributed by atoms with E-state index in [4.69, 9.17) is 4.74 Å². The molecule has 2 nitrogen and oxygen atoms in total. The zero-order valence-electron chi connectivity index (χ0n) is 6.94. The fourth-order valence-corrected chi connectivity index (χ4v) is 4.59. The minimum atomic E-state index is -0.210. The van der Waals surface area contributed by atoms with Crippen molar-refractivity contribution in [1.29, 1.82) is 0 Å². The summed E-state index contributed by atoms with van der Waals surface area (Å²) in [5.41, 5.74) is 0. The van der Waals surface area contributed by atoms with Gasteiger partial charge in [0.1, 0.15) is 0 Å². The van der Waals surface area contributed by atoms with Crippen LogP contribution in [-0.2, 0) is 4.74 Å². The molecule has 4 heteroatoms. The van der Waals surface area contributed by atoms with Crippen molar-refractivity contribution in [3.05, 3.63) is 0 Å². The first-order chi connectivity index (χ1) is 5.86. The molecule has 2 heterocycles. The molecule has 70 valence electrons. The standard InChI is InChI=1S/C8H14O2S2/c9-6-4-7(10-5-6)8-11-2-1-3-12-8/h6-9H,1-5H2. The highest BCUT2D eigenvalue weighted by molar-refractivity contribution is 8.17. The number of rotatable bonds is 1. The lowest BCUT2D eigenvalue weighted by atomic mass is 10.2. The molecule has 2 fully saturated rings. The number of hydrogen-bond donors (Lipinski definition) is 1. The molecular formula is C8H14O2S2. The molecule has 2 rings (SSSR count). The molecule has 0 saturated carbocycles. The van der Waals surface area contributed by atoms with E-state index in [2.05, 4.69) is 0 Å². The van der Waals surface area contributed by atoms with Crippen molar-refractivity contribution >= 4 is 23.5 Å². The lowest BCUT2D eigenvalue weighted by molar-refractivity contribution is 0.0960. The van der Waals surface area contributed by atoms with Crippen molar-refractivity contribution in [2.75, 3.05) is 18.1 Å². The maximum absolute atomic E-state index is 9.29. The van der Waals surface area contributed by atoms with Crippen LogP contribution in [0, 0.1) is 0 Å². The van der Waals surface area contributed by atoms with E-state index in [0.29, 0.717) is 17.3 Å². The van der Waals surface area contributed by atoms with Crippen molar-refractivity contribution in [2.45, 2.75) is 29.6 Å². The highest BCUT2D eigenvalue weighted by Crippen LogP contribution is 2.37. The Morgan fingerprint density at radius 2 is 2.00 bits per heavy atom. The van der Waals surface area contributed by atoms with Gasteiger partial charge in [-0.1, -0.05) is 0 Å².